The highest BCUT2D eigenvalue weighted by Gasteiger charge is 2.34. The van der Waals surface area contributed by atoms with Crippen LogP contribution in [0.25, 0.3) is 0 Å². The van der Waals surface area contributed by atoms with E-state index in [1.165, 1.54) is 12.2 Å². The van der Waals surface area contributed by atoms with Gasteiger partial charge in [0.1, 0.15) is 6.04 Å². The van der Waals surface area contributed by atoms with Gasteiger partial charge < -0.3 is 5.32 Å². The third-order valence-electron chi connectivity index (χ3n) is 2.45. The average molecular weight is 256 g/mol. The summed E-state index contributed by atoms with van der Waals surface area (Å²) in [6.07, 6.45) is 4.76. The van der Waals surface area contributed by atoms with Gasteiger partial charge in [0.05, 0.1) is 0 Å². The van der Waals surface area contributed by atoms with Crippen molar-refractivity contribution in [1.29, 1.82) is 0 Å². The Kier molecular flexibility index (Phi) is 5.21. The van der Waals surface area contributed by atoms with Crippen molar-refractivity contribution in [2.45, 2.75) is 19.4 Å². The maximum atomic E-state index is 11.8. The number of rotatable bonds is 6. The molecule has 0 saturated heterocycles. The topological polar surface area (TPSA) is 66.5 Å². The van der Waals surface area contributed by atoms with Gasteiger partial charge in [-0.1, -0.05) is 6.92 Å². The van der Waals surface area contributed by atoms with Gasteiger partial charge in [-0.15, -0.1) is 0 Å². The van der Waals surface area contributed by atoms with Crippen molar-refractivity contribution < 1.29 is 14.4 Å². The van der Waals surface area contributed by atoms with E-state index in [0.29, 0.717) is 13.0 Å². The molecule has 1 unspecified atom stereocenters. The van der Waals surface area contributed by atoms with E-state index in [2.05, 4.69) is 5.32 Å². The molecule has 0 radical (unpaired) electrons. The zero-order valence-corrected chi connectivity index (χ0v) is 10.8. The summed E-state index contributed by atoms with van der Waals surface area (Å²) >= 11 is 1.62. The molecule has 1 aliphatic heterocycles. The van der Waals surface area contributed by atoms with E-state index in [9.17, 15) is 14.4 Å². The molecule has 0 bridgehead atoms. The third kappa shape index (κ3) is 3.33. The van der Waals surface area contributed by atoms with E-state index < -0.39 is 17.9 Å². The highest BCUT2D eigenvalue weighted by atomic mass is 32.2. The number of nitrogens with one attached hydrogen (secondary N) is 1. The molecule has 0 aromatic rings. The van der Waals surface area contributed by atoms with Crippen molar-refractivity contribution >= 4 is 29.5 Å². The molecule has 1 heterocycles. The number of carbonyl (C=O) groups excluding carboxylic acids is 3. The largest absolute Gasteiger partial charge is 0.353 e. The van der Waals surface area contributed by atoms with Crippen molar-refractivity contribution in [3.63, 3.8) is 0 Å². The summed E-state index contributed by atoms with van der Waals surface area (Å²) in [5.74, 6) is -0.293. The number of amides is 3. The maximum Gasteiger partial charge on any atom is 0.254 e. The Morgan fingerprint density at radius 2 is 2.00 bits per heavy atom. The summed E-state index contributed by atoms with van der Waals surface area (Å²) in [4.78, 5) is 35.7. The van der Waals surface area contributed by atoms with Crippen LogP contribution in [0.2, 0.25) is 0 Å². The van der Waals surface area contributed by atoms with Crippen LogP contribution in [0.1, 0.15) is 13.3 Å². The van der Waals surface area contributed by atoms with Gasteiger partial charge in [-0.2, -0.15) is 11.8 Å². The van der Waals surface area contributed by atoms with Gasteiger partial charge in [-0.3, -0.25) is 19.3 Å². The van der Waals surface area contributed by atoms with E-state index in [1.807, 2.05) is 6.26 Å². The fourth-order valence-electron chi connectivity index (χ4n) is 1.60. The molecule has 0 aromatic carbocycles. The van der Waals surface area contributed by atoms with E-state index >= 15 is 0 Å². The minimum atomic E-state index is -0.702. The van der Waals surface area contributed by atoms with E-state index in [-0.39, 0.29) is 5.91 Å². The lowest BCUT2D eigenvalue weighted by Gasteiger charge is -2.23. The number of hydrogen-bond acceptors (Lipinski definition) is 4. The number of nitrogens with zero attached hydrogens (tertiary/aromatic N) is 1. The Morgan fingerprint density at radius 1 is 1.41 bits per heavy atom. The van der Waals surface area contributed by atoms with Crippen molar-refractivity contribution in [1.82, 2.24) is 10.2 Å². The van der Waals surface area contributed by atoms with E-state index in [1.54, 1.807) is 18.7 Å². The summed E-state index contributed by atoms with van der Waals surface area (Å²) in [7, 11) is 0. The van der Waals surface area contributed by atoms with Gasteiger partial charge in [0.2, 0.25) is 5.91 Å². The van der Waals surface area contributed by atoms with Gasteiger partial charge in [-0.05, 0) is 12.7 Å². The van der Waals surface area contributed by atoms with Crippen molar-refractivity contribution in [3.8, 4) is 0 Å². The minimum absolute atomic E-state index is 0.271. The SMILES string of the molecule is CCC(C(=O)NCCSC)N1C(=O)C=CC1=O. The van der Waals surface area contributed by atoms with Gasteiger partial charge in [-0.25, -0.2) is 0 Å². The number of hydrogen-bond donors (Lipinski definition) is 1. The standard InChI is InChI=1S/C11H16N2O3S/c1-3-8(11(16)12-6-7-17-2)13-9(14)4-5-10(13)15/h4-5,8H,3,6-7H2,1-2H3,(H,12,16). The van der Waals surface area contributed by atoms with E-state index in [4.69, 9.17) is 0 Å². The lowest BCUT2D eigenvalue weighted by atomic mass is 10.2. The monoisotopic (exact) mass is 256 g/mol. The first-order valence-corrected chi connectivity index (χ1v) is 6.83. The quantitative estimate of drug-likeness (QED) is 0.543. The fraction of sp³-hybridized carbons (Fsp3) is 0.545. The van der Waals surface area contributed by atoms with Crippen LogP contribution >= 0.6 is 11.8 Å². The molecule has 1 atom stereocenters. The molecule has 0 fully saturated rings. The molecule has 0 spiro atoms. The lowest BCUT2D eigenvalue weighted by Crippen LogP contribution is -2.49. The lowest BCUT2D eigenvalue weighted by molar-refractivity contribution is -0.145. The molecule has 0 aliphatic carbocycles. The zero-order chi connectivity index (χ0) is 12.8. The highest BCUT2D eigenvalue weighted by molar-refractivity contribution is 7.98. The first-order valence-electron chi connectivity index (χ1n) is 5.43. The summed E-state index contributed by atoms with van der Waals surface area (Å²) in [6.45, 7) is 2.32. The minimum Gasteiger partial charge on any atom is -0.353 e. The molecule has 6 heteroatoms. The van der Waals surface area contributed by atoms with Crippen molar-refractivity contribution in [3.05, 3.63) is 12.2 Å². The molecule has 0 saturated carbocycles. The van der Waals surface area contributed by atoms with Crippen LogP contribution in [0.15, 0.2) is 12.2 Å². The predicted octanol–water partition coefficient (Wildman–Crippen LogP) is 0.169. The average Bonchev–Trinajstić information content (AvgIpc) is 2.62. The van der Waals surface area contributed by atoms with Crippen molar-refractivity contribution in [2.75, 3.05) is 18.6 Å². The Balaban J connectivity index is 2.61. The molecular formula is C11H16N2O3S. The highest BCUT2D eigenvalue weighted by Crippen LogP contribution is 2.12. The molecule has 94 valence electrons. The van der Waals surface area contributed by atoms with Crippen LogP contribution in [0.4, 0.5) is 0 Å². The molecule has 1 aliphatic rings. The van der Waals surface area contributed by atoms with E-state index in [0.717, 1.165) is 10.7 Å². The first-order chi connectivity index (χ1) is 8.11. The molecule has 3 amide bonds. The summed E-state index contributed by atoms with van der Waals surface area (Å²) in [6, 6.07) is -0.702. The Morgan fingerprint density at radius 3 is 2.47 bits per heavy atom. The van der Waals surface area contributed by atoms with Crippen LogP contribution in [0.5, 0.6) is 0 Å². The summed E-state index contributed by atoms with van der Waals surface area (Å²) < 4.78 is 0. The Hall–Kier alpha value is -1.30. The van der Waals surface area contributed by atoms with Crippen LogP contribution < -0.4 is 5.32 Å². The summed E-state index contributed by atoms with van der Waals surface area (Å²) in [5, 5.41) is 2.72. The molecule has 0 aromatic heterocycles. The van der Waals surface area contributed by atoms with Gasteiger partial charge in [0.25, 0.3) is 11.8 Å². The second-order valence-corrected chi connectivity index (χ2v) is 4.57. The van der Waals surface area contributed by atoms with Crippen LogP contribution in [-0.4, -0.2) is 47.2 Å². The van der Waals surface area contributed by atoms with Gasteiger partial charge >= 0.3 is 0 Å². The number of imide groups is 1. The predicted molar refractivity (Wildman–Crippen MR) is 66.5 cm³/mol. The van der Waals surface area contributed by atoms with Crippen molar-refractivity contribution in [2.24, 2.45) is 0 Å². The first kappa shape index (κ1) is 13.8. The Bertz CT molecular complexity index is 337. The van der Waals surface area contributed by atoms with Gasteiger partial charge in [0.15, 0.2) is 0 Å². The third-order valence-corrected chi connectivity index (χ3v) is 3.06. The summed E-state index contributed by atoms with van der Waals surface area (Å²) in [5.41, 5.74) is 0. The zero-order valence-electron chi connectivity index (χ0n) is 9.93. The normalized spacial score (nSPS) is 16.5. The number of thioether (sulfide) groups is 1. The molecular weight excluding hydrogens is 240 g/mol. The molecule has 1 rings (SSSR count). The molecule has 1 N–H and O–H groups in total. The van der Waals surface area contributed by atoms with Crippen LogP contribution in [0.3, 0.4) is 0 Å². The van der Waals surface area contributed by atoms with Crippen LogP contribution in [0, 0.1) is 0 Å². The second kappa shape index (κ2) is 6.44. The second-order valence-electron chi connectivity index (χ2n) is 3.59. The molecule has 17 heavy (non-hydrogen) atoms. The van der Waals surface area contributed by atoms with Crippen LogP contribution in [-0.2, 0) is 14.4 Å². The fourth-order valence-corrected chi connectivity index (χ4v) is 1.90. The Labute approximate surface area is 105 Å². The number of carbonyl (C=O) groups is 3. The maximum absolute atomic E-state index is 11.8. The molecule has 5 nitrogen and oxygen atoms in total. The van der Waals surface area contributed by atoms with Gasteiger partial charge in [0, 0.05) is 24.4 Å². The smallest absolute Gasteiger partial charge is 0.254 e.